The molecule has 0 saturated carbocycles. The Labute approximate surface area is 104 Å². The van der Waals surface area contributed by atoms with Crippen molar-refractivity contribution < 1.29 is 4.42 Å². The Morgan fingerprint density at radius 1 is 1.53 bits per heavy atom. The minimum absolute atomic E-state index is 0.310. The van der Waals surface area contributed by atoms with Crippen LogP contribution in [0.5, 0.6) is 0 Å². The van der Waals surface area contributed by atoms with E-state index in [4.69, 9.17) is 4.42 Å². The van der Waals surface area contributed by atoms with Crippen molar-refractivity contribution in [2.24, 2.45) is 0 Å². The van der Waals surface area contributed by atoms with Crippen LogP contribution in [0.4, 0.5) is 0 Å². The number of hydrogen-bond acceptors (Lipinski definition) is 4. The Bertz CT molecular complexity index is 547. The van der Waals surface area contributed by atoms with Gasteiger partial charge in [-0.15, -0.1) is 0 Å². The summed E-state index contributed by atoms with van der Waals surface area (Å²) >= 11 is 1.83. The van der Waals surface area contributed by atoms with Crippen LogP contribution in [0.15, 0.2) is 27.4 Å². The summed E-state index contributed by atoms with van der Waals surface area (Å²) in [7, 11) is 1.95. The predicted molar refractivity (Wildman–Crippen MR) is 71.6 cm³/mol. The molecule has 0 amide bonds. The zero-order valence-corrected chi connectivity index (χ0v) is 10.8. The largest absolute Gasteiger partial charge is 0.417 e. The molecule has 5 heteroatoms. The van der Waals surface area contributed by atoms with E-state index in [1.54, 1.807) is 0 Å². The van der Waals surface area contributed by atoms with Crippen molar-refractivity contribution in [2.45, 2.75) is 12.5 Å². The SMILES string of the molecule is CNC(CCSC)c1ccc2oc(=O)[nH]c2c1. The molecule has 2 rings (SSSR count). The molecule has 92 valence electrons. The molecule has 0 spiro atoms. The van der Waals surface area contributed by atoms with Crippen LogP contribution in [0.2, 0.25) is 0 Å². The van der Waals surface area contributed by atoms with Gasteiger partial charge in [-0.2, -0.15) is 11.8 Å². The topological polar surface area (TPSA) is 58.0 Å². The fourth-order valence-corrected chi connectivity index (χ4v) is 2.37. The molecule has 2 N–H and O–H groups in total. The number of oxazole rings is 1. The third kappa shape index (κ3) is 2.73. The second kappa shape index (κ2) is 5.42. The van der Waals surface area contributed by atoms with Gasteiger partial charge in [0.25, 0.3) is 0 Å². The molecule has 0 fully saturated rings. The van der Waals surface area contributed by atoms with Crippen LogP contribution in [0.3, 0.4) is 0 Å². The van der Waals surface area contributed by atoms with Crippen molar-refractivity contribution in [3.8, 4) is 0 Å². The van der Waals surface area contributed by atoms with Crippen LogP contribution in [0, 0.1) is 0 Å². The van der Waals surface area contributed by atoms with E-state index >= 15 is 0 Å². The van der Waals surface area contributed by atoms with Gasteiger partial charge in [0.2, 0.25) is 0 Å². The van der Waals surface area contributed by atoms with E-state index in [1.807, 2.05) is 37.0 Å². The van der Waals surface area contributed by atoms with Gasteiger partial charge in [0.05, 0.1) is 5.52 Å². The van der Waals surface area contributed by atoms with Gasteiger partial charge in [0.1, 0.15) is 0 Å². The standard InChI is InChI=1S/C12H16N2O2S/c1-13-9(5-6-17-2)8-3-4-11-10(7-8)14-12(15)16-11/h3-4,7,9,13H,5-6H2,1-2H3,(H,14,15). The fraction of sp³-hybridized carbons (Fsp3) is 0.417. The summed E-state index contributed by atoms with van der Waals surface area (Å²) in [4.78, 5) is 13.7. The maximum Gasteiger partial charge on any atom is 0.417 e. The Morgan fingerprint density at radius 3 is 3.06 bits per heavy atom. The molecular formula is C12H16N2O2S. The molecule has 1 atom stereocenters. The molecule has 0 bridgehead atoms. The summed E-state index contributed by atoms with van der Waals surface area (Å²) in [5.74, 6) is 0.702. The van der Waals surface area contributed by atoms with Crippen LogP contribution in [-0.2, 0) is 0 Å². The van der Waals surface area contributed by atoms with Gasteiger partial charge in [-0.1, -0.05) is 6.07 Å². The van der Waals surface area contributed by atoms with Crippen LogP contribution in [0.1, 0.15) is 18.0 Å². The number of hydrogen-bond donors (Lipinski definition) is 2. The summed E-state index contributed by atoms with van der Waals surface area (Å²) in [6.45, 7) is 0. The molecule has 1 heterocycles. The predicted octanol–water partition coefficient (Wildman–Crippen LogP) is 2.13. The Balaban J connectivity index is 2.30. The zero-order valence-electron chi connectivity index (χ0n) is 9.95. The summed E-state index contributed by atoms with van der Waals surface area (Å²) in [5.41, 5.74) is 2.54. The van der Waals surface area contributed by atoms with Gasteiger partial charge in [0.15, 0.2) is 5.58 Å². The first-order chi connectivity index (χ1) is 8.24. The second-order valence-corrected chi connectivity index (χ2v) is 4.88. The highest BCUT2D eigenvalue weighted by Gasteiger charge is 2.10. The maximum absolute atomic E-state index is 11.1. The van der Waals surface area contributed by atoms with Gasteiger partial charge >= 0.3 is 5.76 Å². The molecule has 1 aromatic carbocycles. The molecule has 0 radical (unpaired) electrons. The van der Waals surface area contributed by atoms with Crippen molar-refractivity contribution in [1.82, 2.24) is 10.3 Å². The van der Waals surface area contributed by atoms with Crippen LogP contribution >= 0.6 is 11.8 Å². The molecule has 0 aliphatic carbocycles. The van der Waals surface area contributed by atoms with E-state index in [1.165, 1.54) is 5.56 Å². The molecule has 2 aromatic rings. The lowest BCUT2D eigenvalue weighted by atomic mass is 10.0. The van der Waals surface area contributed by atoms with E-state index in [-0.39, 0.29) is 0 Å². The third-order valence-electron chi connectivity index (χ3n) is 2.80. The van der Waals surface area contributed by atoms with Crippen molar-refractivity contribution in [2.75, 3.05) is 19.1 Å². The highest BCUT2D eigenvalue weighted by atomic mass is 32.2. The van der Waals surface area contributed by atoms with Crippen molar-refractivity contribution in [3.63, 3.8) is 0 Å². The first-order valence-corrected chi connectivity index (χ1v) is 6.93. The number of rotatable bonds is 5. The van der Waals surface area contributed by atoms with Gasteiger partial charge < -0.3 is 9.73 Å². The van der Waals surface area contributed by atoms with Crippen LogP contribution in [0.25, 0.3) is 11.1 Å². The minimum atomic E-state index is -0.401. The number of H-pyrrole nitrogens is 1. The first-order valence-electron chi connectivity index (χ1n) is 5.53. The molecule has 1 unspecified atom stereocenters. The fourth-order valence-electron chi connectivity index (χ4n) is 1.90. The lowest BCUT2D eigenvalue weighted by molar-refractivity contribution is 0.554. The highest BCUT2D eigenvalue weighted by molar-refractivity contribution is 7.98. The molecule has 17 heavy (non-hydrogen) atoms. The molecular weight excluding hydrogens is 236 g/mol. The number of thioether (sulfide) groups is 1. The van der Waals surface area contributed by atoms with Crippen LogP contribution < -0.4 is 11.1 Å². The summed E-state index contributed by atoms with van der Waals surface area (Å²) in [6, 6.07) is 6.12. The second-order valence-electron chi connectivity index (χ2n) is 3.89. The van der Waals surface area contributed by atoms with E-state index in [0.29, 0.717) is 11.6 Å². The summed E-state index contributed by atoms with van der Waals surface area (Å²) < 4.78 is 4.98. The number of aromatic nitrogens is 1. The molecule has 4 nitrogen and oxygen atoms in total. The van der Waals surface area contributed by atoms with E-state index in [2.05, 4.69) is 16.6 Å². The Kier molecular flexibility index (Phi) is 3.91. The van der Waals surface area contributed by atoms with Gasteiger partial charge in [-0.05, 0) is 43.2 Å². The van der Waals surface area contributed by atoms with Gasteiger partial charge in [-0.3, -0.25) is 4.98 Å². The summed E-state index contributed by atoms with van der Waals surface area (Å²) in [5, 5.41) is 3.29. The third-order valence-corrected chi connectivity index (χ3v) is 3.45. The number of aromatic amines is 1. The van der Waals surface area contributed by atoms with E-state index in [9.17, 15) is 4.79 Å². The van der Waals surface area contributed by atoms with E-state index < -0.39 is 5.76 Å². The smallest absolute Gasteiger partial charge is 0.408 e. The normalized spacial score (nSPS) is 13.1. The minimum Gasteiger partial charge on any atom is -0.408 e. The monoisotopic (exact) mass is 252 g/mol. The molecule has 1 aromatic heterocycles. The van der Waals surface area contributed by atoms with Crippen molar-refractivity contribution >= 4 is 22.9 Å². The number of nitrogens with one attached hydrogen (secondary N) is 2. The van der Waals surface area contributed by atoms with E-state index in [0.717, 1.165) is 17.7 Å². The van der Waals surface area contributed by atoms with Crippen molar-refractivity contribution in [3.05, 3.63) is 34.3 Å². The lowest BCUT2D eigenvalue weighted by Crippen LogP contribution is -2.17. The Hall–Kier alpha value is -1.20. The average Bonchev–Trinajstić information content (AvgIpc) is 2.69. The zero-order chi connectivity index (χ0) is 12.3. The molecule has 0 saturated heterocycles. The first kappa shape index (κ1) is 12.3. The van der Waals surface area contributed by atoms with Crippen molar-refractivity contribution in [1.29, 1.82) is 0 Å². The van der Waals surface area contributed by atoms with Gasteiger partial charge in [-0.25, -0.2) is 4.79 Å². The highest BCUT2D eigenvalue weighted by Crippen LogP contribution is 2.21. The lowest BCUT2D eigenvalue weighted by Gasteiger charge is -2.15. The van der Waals surface area contributed by atoms with Crippen LogP contribution in [-0.4, -0.2) is 24.0 Å². The van der Waals surface area contributed by atoms with Gasteiger partial charge in [0, 0.05) is 6.04 Å². The molecule has 0 aliphatic heterocycles. The number of fused-ring (bicyclic) bond motifs is 1. The number of benzene rings is 1. The quantitative estimate of drug-likeness (QED) is 0.856. The summed E-state index contributed by atoms with van der Waals surface area (Å²) in [6.07, 6.45) is 3.16. The Morgan fingerprint density at radius 2 is 2.35 bits per heavy atom. The average molecular weight is 252 g/mol. The maximum atomic E-state index is 11.1. The molecule has 0 aliphatic rings.